The third-order valence-electron chi connectivity index (χ3n) is 2.59. The van der Waals surface area contributed by atoms with Crippen molar-refractivity contribution in [3.05, 3.63) is 35.4 Å². The summed E-state index contributed by atoms with van der Waals surface area (Å²) in [5.74, 6) is -0.161. The number of amides is 2. The van der Waals surface area contributed by atoms with E-state index >= 15 is 0 Å². The van der Waals surface area contributed by atoms with Crippen LogP contribution in [0.1, 0.15) is 15.9 Å². The van der Waals surface area contributed by atoms with Gasteiger partial charge in [0.15, 0.2) is 0 Å². The average Bonchev–Trinajstić information content (AvgIpc) is 2.28. The molecule has 1 aromatic carbocycles. The van der Waals surface area contributed by atoms with E-state index in [1.165, 1.54) is 0 Å². The van der Waals surface area contributed by atoms with Crippen LogP contribution >= 0.6 is 0 Å². The van der Waals surface area contributed by atoms with E-state index in [-0.39, 0.29) is 18.4 Å². The quantitative estimate of drug-likeness (QED) is 0.749. The second kappa shape index (κ2) is 4.35. The Balaban J connectivity index is 2.15. The van der Waals surface area contributed by atoms with Gasteiger partial charge in [0.25, 0.3) is 5.91 Å². The molecule has 0 aliphatic carbocycles. The van der Waals surface area contributed by atoms with Gasteiger partial charge in [-0.15, -0.1) is 0 Å². The zero-order valence-corrected chi connectivity index (χ0v) is 9.19. The van der Waals surface area contributed by atoms with Crippen LogP contribution in [0.5, 0.6) is 0 Å². The molecule has 0 radical (unpaired) electrons. The fourth-order valence-corrected chi connectivity index (χ4v) is 1.77. The molecule has 0 saturated carbocycles. The van der Waals surface area contributed by atoms with E-state index in [0.717, 1.165) is 5.56 Å². The summed E-state index contributed by atoms with van der Waals surface area (Å²) in [6.45, 7) is 3.22. The van der Waals surface area contributed by atoms with Gasteiger partial charge in [0, 0.05) is 18.7 Å². The normalized spacial score (nSPS) is 15.8. The van der Waals surface area contributed by atoms with E-state index in [2.05, 4.69) is 5.32 Å². The van der Waals surface area contributed by atoms with Crippen LogP contribution in [0.4, 0.5) is 0 Å². The molecule has 1 saturated heterocycles. The molecule has 4 heteroatoms. The van der Waals surface area contributed by atoms with Gasteiger partial charge in [-0.1, -0.05) is 17.7 Å². The Morgan fingerprint density at radius 1 is 1.44 bits per heavy atom. The Bertz CT molecular complexity index is 429. The number of nitrogens with one attached hydrogen (secondary N) is 1. The lowest BCUT2D eigenvalue weighted by molar-refractivity contribution is -0.123. The van der Waals surface area contributed by atoms with Crippen molar-refractivity contribution >= 4 is 11.8 Å². The first-order valence-corrected chi connectivity index (χ1v) is 5.29. The van der Waals surface area contributed by atoms with Gasteiger partial charge in [-0.2, -0.15) is 0 Å². The molecule has 2 rings (SSSR count). The van der Waals surface area contributed by atoms with Crippen LogP contribution in [0.25, 0.3) is 0 Å². The molecule has 0 bridgehead atoms. The zero-order chi connectivity index (χ0) is 11.5. The topological polar surface area (TPSA) is 49.4 Å². The summed E-state index contributed by atoms with van der Waals surface area (Å²) < 4.78 is 0. The number of benzene rings is 1. The molecule has 0 spiro atoms. The molecule has 0 aromatic heterocycles. The second-order valence-corrected chi connectivity index (χ2v) is 3.95. The Morgan fingerprint density at radius 2 is 2.25 bits per heavy atom. The number of piperazine rings is 1. The van der Waals surface area contributed by atoms with Crippen LogP contribution in [0.2, 0.25) is 0 Å². The van der Waals surface area contributed by atoms with Crippen molar-refractivity contribution in [1.29, 1.82) is 0 Å². The maximum absolute atomic E-state index is 12.0. The lowest BCUT2D eigenvalue weighted by Crippen LogP contribution is -2.49. The van der Waals surface area contributed by atoms with Gasteiger partial charge in [0.2, 0.25) is 5.91 Å². The minimum atomic E-state index is -0.0905. The minimum Gasteiger partial charge on any atom is -0.353 e. The molecule has 16 heavy (non-hydrogen) atoms. The van der Waals surface area contributed by atoms with Crippen LogP contribution in [0, 0.1) is 6.92 Å². The summed E-state index contributed by atoms with van der Waals surface area (Å²) >= 11 is 0. The highest BCUT2D eigenvalue weighted by atomic mass is 16.2. The second-order valence-electron chi connectivity index (χ2n) is 3.95. The first-order valence-electron chi connectivity index (χ1n) is 5.29. The molecule has 1 aliphatic heterocycles. The maximum atomic E-state index is 12.0. The van der Waals surface area contributed by atoms with Gasteiger partial charge in [-0.25, -0.2) is 0 Å². The smallest absolute Gasteiger partial charge is 0.254 e. The van der Waals surface area contributed by atoms with E-state index in [9.17, 15) is 9.59 Å². The van der Waals surface area contributed by atoms with Crippen molar-refractivity contribution in [2.24, 2.45) is 0 Å². The third-order valence-corrected chi connectivity index (χ3v) is 2.59. The number of hydrogen-bond acceptors (Lipinski definition) is 2. The van der Waals surface area contributed by atoms with Crippen molar-refractivity contribution in [2.75, 3.05) is 19.6 Å². The molecular weight excluding hydrogens is 204 g/mol. The van der Waals surface area contributed by atoms with Crippen LogP contribution in [0.3, 0.4) is 0 Å². The van der Waals surface area contributed by atoms with Crippen molar-refractivity contribution < 1.29 is 9.59 Å². The molecule has 0 atom stereocenters. The summed E-state index contributed by atoms with van der Waals surface area (Å²) in [7, 11) is 0. The van der Waals surface area contributed by atoms with Gasteiger partial charge >= 0.3 is 0 Å². The van der Waals surface area contributed by atoms with Crippen LogP contribution < -0.4 is 5.32 Å². The molecular formula is C12H14N2O2. The number of carbonyl (C=O) groups is 2. The maximum Gasteiger partial charge on any atom is 0.254 e. The zero-order valence-electron chi connectivity index (χ0n) is 9.19. The monoisotopic (exact) mass is 218 g/mol. The van der Waals surface area contributed by atoms with Crippen molar-refractivity contribution in [2.45, 2.75) is 6.92 Å². The van der Waals surface area contributed by atoms with E-state index in [1.807, 2.05) is 25.1 Å². The van der Waals surface area contributed by atoms with Gasteiger partial charge < -0.3 is 10.2 Å². The lowest BCUT2D eigenvalue weighted by atomic mass is 10.1. The highest BCUT2D eigenvalue weighted by Gasteiger charge is 2.21. The van der Waals surface area contributed by atoms with Crippen LogP contribution in [0.15, 0.2) is 24.3 Å². The Hall–Kier alpha value is -1.84. The van der Waals surface area contributed by atoms with Gasteiger partial charge in [-0.05, 0) is 19.1 Å². The minimum absolute atomic E-state index is 0.0708. The number of carbonyl (C=O) groups excluding carboxylic acids is 2. The molecule has 1 fully saturated rings. The van der Waals surface area contributed by atoms with Gasteiger partial charge in [0.1, 0.15) is 0 Å². The van der Waals surface area contributed by atoms with Crippen LogP contribution in [-0.4, -0.2) is 36.3 Å². The van der Waals surface area contributed by atoms with Crippen LogP contribution in [-0.2, 0) is 4.79 Å². The molecule has 1 aromatic rings. The SMILES string of the molecule is Cc1cccc(C(=O)N2CCNC(=O)C2)c1. The Labute approximate surface area is 94.2 Å². The van der Waals surface area contributed by atoms with E-state index in [0.29, 0.717) is 18.7 Å². The van der Waals surface area contributed by atoms with Crippen molar-refractivity contribution in [3.63, 3.8) is 0 Å². The number of hydrogen-bond donors (Lipinski definition) is 1. The van der Waals surface area contributed by atoms with Gasteiger partial charge in [-0.3, -0.25) is 9.59 Å². The molecule has 2 amide bonds. The van der Waals surface area contributed by atoms with Crippen molar-refractivity contribution in [3.8, 4) is 0 Å². The predicted octanol–water partition coefficient (Wildman–Crippen LogP) is 0.567. The van der Waals surface area contributed by atoms with Crippen molar-refractivity contribution in [1.82, 2.24) is 10.2 Å². The first kappa shape index (κ1) is 10.7. The standard InChI is InChI=1S/C12H14N2O2/c1-9-3-2-4-10(7-9)12(16)14-6-5-13-11(15)8-14/h2-4,7H,5-6,8H2,1H3,(H,13,15). The summed E-state index contributed by atoms with van der Waals surface area (Å²) in [6.07, 6.45) is 0. The summed E-state index contributed by atoms with van der Waals surface area (Å²) in [4.78, 5) is 24.8. The van der Waals surface area contributed by atoms with Gasteiger partial charge in [0.05, 0.1) is 6.54 Å². The first-order chi connectivity index (χ1) is 7.66. The summed E-state index contributed by atoms with van der Waals surface area (Å²) in [5, 5.41) is 2.70. The number of nitrogens with zero attached hydrogens (tertiary/aromatic N) is 1. The predicted molar refractivity (Wildman–Crippen MR) is 60.1 cm³/mol. The van der Waals surface area contributed by atoms with E-state index < -0.39 is 0 Å². The Kier molecular flexibility index (Phi) is 2.90. The van der Waals surface area contributed by atoms with E-state index in [4.69, 9.17) is 0 Å². The summed E-state index contributed by atoms with van der Waals surface area (Å²) in [5.41, 5.74) is 1.70. The molecule has 1 aliphatic rings. The fraction of sp³-hybridized carbons (Fsp3) is 0.333. The lowest BCUT2D eigenvalue weighted by Gasteiger charge is -2.26. The molecule has 4 nitrogen and oxygen atoms in total. The number of rotatable bonds is 1. The van der Waals surface area contributed by atoms with E-state index in [1.54, 1.807) is 11.0 Å². The molecule has 1 heterocycles. The Morgan fingerprint density at radius 3 is 2.94 bits per heavy atom. The fourth-order valence-electron chi connectivity index (χ4n) is 1.77. The highest BCUT2D eigenvalue weighted by Crippen LogP contribution is 2.08. The largest absolute Gasteiger partial charge is 0.353 e. The number of aryl methyl sites for hydroxylation is 1. The molecule has 0 unspecified atom stereocenters. The third kappa shape index (κ3) is 2.21. The highest BCUT2D eigenvalue weighted by molar-refractivity contribution is 5.97. The molecule has 1 N–H and O–H groups in total. The average molecular weight is 218 g/mol. The summed E-state index contributed by atoms with van der Waals surface area (Å²) in [6, 6.07) is 7.42. The molecule has 84 valence electrons.